The van der Waals surface area contributed by atoms with E-state index in [2.05, 4.69) is 4.98 Å². The molecule has 0 aliphatic carbocycles. The summed E-state index contributed by atoms with van der Waals surface area (Å²) in [6.07, 6.45) is 4.68. The van der Waals surface area contributed by atoms with Gasteiger partial charge in [-0.15, -0.1) is 0 Å². The van der Waals surface area contributed by atoms with Crippen molar-refractivity contribution < 1.29 is 9.21 Å². The largest absolute Gasteiger partial charge is 0.452 e. The van der Waals surface area contributed by atoms with Crippen LogP contribution in [0.4, 0.5) is 5.69 Å². The van der Waals surface area contributed by atoms with Crippen LogP contribution < -0.4 is 4.90 Å². The molecule has 2 aromatic heterocycles. The summed E-state index contributed by atoms with van der Waals surface area (Å²) in [6, 6.07) is 5.11. The first kappa shape index (κ1) is 11.7. The zero-order valence-electron chi connectivity index (χ0n) is 9.26. The van der Waals surface area contributed by atoms with Gasteiger partial charge in [0.1, 0.15) is 0 Å². The maximum absolute atomic E-state index is 12.2. The highest BCUT2D eigenvalue weighted by molar-refractivity contribution is 6.32. The minimum Gasteiger partial charge on any atom is -0.452 e. The van der Waals surface area contributed by atoms with E-state index in [1.165, 1.54) is 6.26 Å². The van der Waals surface area contributed by atoms with E-state index < -0.39 is 0 Å². The first-order valence-corrected chi connectivity index (χ1v) is 5.56. The van der Waals surface area contributed by atoms with Crippen molar-refractivity contribution in [2.75, 3.05) is 11.4 Å². The van der Waals surface area contributed by atoms with Gasteiger partial charge in [-0.3, -0.25) is 9.78 Å². The molecule has 0 aliphatic heterocycles. The van der Waals surface area contributed by atoms with Crippen molar-refractivity contribution in [3.63, 3.8) is 0 Å². The van der Waals surface area contributed by atoms with E-state index >= 15 is 0 Å². The SMILES string of the molecule is CCN(C(=O)c1ccoc1Cl)c1ccncc1. The summed E-state index contributed by atoms with van der Waals surface area (Å²) < 4.78 is 4.92. The Morgan fingerprint density at radius 3 is 2.65 bits per heavy atom. The van der Waals surface area contributed by atoms with Gasteiger partial charge in [-0.1, -0.05) is 0 Å². The summed E-state index contributed by atoms with van der Waals surface area (Å²) in [5.41, 5.74) is 1.15. The Morgan fingerprint density at radius 2 is 2.12 bits per heavy atom. The maximum atomic E-state index is 12.2. The number of hydrogen-bond acceptors (Lipinski definition) is 3. The molecule has 0 radical (unpaired) electrons. The molecule has 0 fully saturated rings. The van der Waals surface area contributed by atoms with Crippen molar-refractivity contribution in [2.45, 2.75) is 6.92 Å². The summed E-state index contributed by atoms with van der Waals surface area (Å²) >= 11 is 5.80. The normalized spacial score (nSPS) is 10.2. The zero-order valence-corrected chi connectivity index (χ0v) is 10.0. The standard InChI is InChI=1S/C12H11ClN2O2/c1-2-15(9-3-6-14-7-4-9)12(16)10-5-8-17-11(10)13/h3-8H,2H2,1H3. The number of pyridine rings is 1. The second-order valence-corrected chi connectivity index (χ2v) is 3.71. The van der Waals surface area contributed by atoms with Gasteiger partial charge in [0.15, 0.2) is 0 Å². The average molecular weight is 251 g/mol. The van der Waals surface area contributed by atoms with Crippen LogP contribution in [0.25, 0.3) is 0 Å². The minimum atomic E-state index is -0.183. The Kier molecular flexibility index (Phi) is 3.44. The summed E-state index contributed by atoms with van der Waals surface area (Å²) in [6.45, 7) is 2.44. The highest BCUT2D eigenvalue weighted by Gasteiger charge is 2.20. The molecule has 88 valence electrons. The van der Waals surface area contributed by atoms with Gasteiger partial charge >= 0.3 is 0 Å². The van der Waals surface area contributed by atoms with Crippen LogP contribution in [-0.4, -0.2) is 17.4 Å². The molecule has 2 heterocycles. The van der Waals surface area contributed by atoms with Gasteiger partial charge in [-0.2, -0.15) is 0 Å². The lowest BCUT2D eigenvalue weighted by atomic mass is 10.2. The fourth-order valence-electron chi connectivity index (χ4n) is 1.56. The fraction of sp³-hybridized carbons (Fsp3) is 0.167. The van der Waals surface area contributed by atoms with Crippen molar-refractivity contribution >= 4 is 23.2 Å². The van der Waals surface area contributed by atoms with E-state index in [-0.39, 0.29) is 11.1 Å². The first-order valence-electron chi connectivity index (χ1n) is 5.19. The van der Waals surface area contributed by atoms with E-state index in [0.29, 0.717) is 12.1 Å². The van der Waals surface area contributed by atoms with Gasteiger partial charge in [-0.05, 0) is 36.7 Å². The number of rotatable bonds is 3. The zero-order chi connectivity index (χ0) is 12.3. The molecule has 2 rings (SSSR count). The number of carbonyl (C=O) groups excluding carboxylic acids is 1. The van der Waals surface area contributed by atoms with Crippen LogP contribution in [0.2, 0.25) is 5.22 Å². The van der Waals surface area contributed by atoms with E-state index in [0.717, 1.165) is 5.69 Å². The van der Waals surface area contributed by atoms with Crippen LogP contribution in [-0.2, 0) is 0 Å². The molecule has 1 amide bonds. The molecular weight excluding hydrogens is 240 g/mol. The van der Waals surface area contributed by atoms with Crippen LogP contribution in [0.15, 0.2) is 41.3 Å². The fourth-order valence-corrected chi connectivity index (χ4v) is 1.75. The smallest absolute Gasteiger partial charge is 0.263 e. The highest BCUT2D eigenvalue weighted by Crippen LogP contribution is 2.22. The molecule has 0 unspecified atom stereocenters. The summed E-state index contributed by atoms with van der Waals surface area (Å²) in [4.78, 5) is 17.7. The third kappa shape index (κ3) is 2.31. The van der Waals surface area contributed by atoms with E-state index in [1.54, 1.807) is 35.5 Å². The van der Waals surface area contributed by atoms with E-state index in [9.17, 15) is 4.79 Å². The van der Waals surface area contributed by atoms with Crippen LogP contribution in [0.5, 0.6) is 0 Å². The molecule has 5 heteroatoms. The molecule has 0 saturated heterocycles. The molecule has 4 nitrogen and oxygen atoms in total. The Bertz CT molecular complexity index is 510. The lowest BCUT2D eigenvalue weighted by Crippen LogP contribution is -2.30. The predicted octanol–water partition coefficient (Wildman–Crippen LogP) is 2.99. The second-order valence-electron chi connectivity index (χ2n) is 3.36. The summed E-state index contributed by atoms with van der Waals surface area (Å²) in [5, 5.41) is 0.113. The quantitative estimate of drug-likeness (QED) is 0.841. The molecule has 0 spiro atoms. The van der Waals surface area contributed by atoms with Crippen LogP contribution in [0.1, 0.15) is 17.3 Å². The predicted molar refractivity (Wildman–Crippen MR) is 65.3 cm³/mol. The third-order valence-corrected chi connectivity index (χ3v) is 2.68. The number of carbonyl (C=O) groups is 1. The van der Waals surface area contributed by atoms with Gasteiger partial charge in [0.25, 0.3) is 5.91 Å². The van der Waals surface area contributed by atoms with Gasteiger partial charge in [0.05, 0.1) is 11.8 Å². The maximum Gasteiger partial charge on any atom is 0.263 e. The monoisotopic (exact) mass is 250 g/mol. The van der Waals surface area contributed by atoms with Gasteiger partial charge in [0.2, 0.25) is 5.22 Å². The van der Waals surface area contributed by atoms with Gasteiger partial charge < -0.3 is 9.32 Å². The number of halogens is 1. The Balaban J connectivity index is 2.32. The number of hydrogen-bond donors (Lipinski definition) is 0. The molecule has 0 atom stereocenters. The highest BCUT2D eigenvalue weighted by atomic mass is 35.5. The molecule has 0 aromatic carbocycles. The molecule has 0 N–H and O–H groups in total. The summed E-state index contributed by atoms with van der Waals surface area (Å²) in [7, 11) is 0. The number of aromatic nitrogens is 1. The van der Waals surface area contributed by atoms with Crippen molar-refractivity contribution in [1.29, 1.82) is 0 Å². The number of anilines is 1. The van der Waals surface area contributed by atoms with Crippen molar-refractivity contribution in [2.24, 2.45) is 0 Å². The minimum absolute atomic E-state index is 0.113. The topological polar surface area (TPSA) is 46.3 Å². The van der Waals surface area contributed by atoms with Crippen LogP contribution in [0, 0.1) is 0 Å². The molecule has 2 aromatic rings. The second kappa shape index (κ2) is 5.01. The van der Waals surface area contributed by atoms with Crippen molar-refractivity contribution in [3.05, 3.63) is 47.6 Å². The Labute approximate surface area is 104 Å². The van der Waals surface area contributed by atoms with Crippen molar-refractivity contribution in [1.82, 2.24) is 4.98 Å². The average Bonchev–Trinajstić information content (AvgIpc) is 2.77. The first-order chi connectivity index (χ1) is 8.24. The lowest BCUT2D eigenvalue weighted by molar-refractivity contribution is 0.0988. The van der Waals surface area contributed by atoms with Crippen molar-refractivity contribution in [3.8, 4) is 0 Å². The molecule has 0 bridgehead atoms. The third-order valence-electron chi connectivity index (χ3n) is 2.38. The lowest BCUT2D eigenvalue weighted by Gasteiger charge is -2.20. The van der Waals surface area contributed by atoms with Crippen LogP contribution in [0.3, 0.4) is 0 Å². The van der Waals surface area contributed by atoms with Gasteiger partial charge in [-0.25, -0.2) is 0 Å². The number of furan rings is 1. The number of nitrogens with zero attached hydrogens (tertiary/aromatic N) is 2. The Hall–Kier alpha value is -1.81. The Morgan fingerprint density at radius 1 is 1.41 bits per heavy atom. The molecular formula is C12H11ClN2O2. The molecule has 0 aliphatic rings. The number of amides is 1. The summed E-state index contributed by atoms with van der Waals surface area (Å²) in [5.74, 6) is -0.183. The molecule has 17 heavy (non-hydrogen) atoms. The van der Waals surface area contributed by atoms with Gasteiger partial charge in [0, 0.05) is 24.6 Å². The van der Waals surface area contributed by atoms with E-state index in [4.69, 9.17) is 16.0 Å². The van der Waals surface area contributed by atoms with Crippen LogP contribution >= 0.6 is 11.6 Å². The van der Waals surface area contributed by atoms with E-state index in [1.807, 2.05) is 6.92 Å². The molecule has 0 saturated carbocycles.